The van der Waals surface area contributed by atoms with Crippen molar-refractivity contribution >= 4 is 5.97 Å². The molecule has 2 aromatic carbocycles. The highest BCUT2D eigenvalue weighted by Crippen LogP contribution is 2.40. The zero-order valence-corrected chi connectivity index (χ0v) is 11.0. The molecule has 1 heterocycles. The summed E-state index contributed by atoms with van der Waals surface area (Å²) in [7, 11) is 0. The molecule has 3 rings (SSSR count). The summed E-state index contributed by atoms with van der Waals surface area (Å²) in [5.41, 5.74) is 1.86. The fourth-order valence-corrected chi connectivity index (χ4v) is 2.16. The van der Waals surface area contributed by atoms with Crippen LogP contribution in [0.3, 0.4) is 0 Å². The zero-order valence-electron chi connectivity index (χ0n) is 11.0. The number of esters is 1. The molecule has 4 nitrogen and oxygen atoms in total. The number of carbonyl (C=O) groups excluding carboxylic acids is 1. The normalized spacial score (nSPS) is 13.7. The molecule has 1 N–H and O–H groups in total. The number of fused-ring (bicyclic) bond motifs is 2. The predicted octanol–water partition coefficient (Wildman–Crippen LogP) is 2.67. The third-order valence-electron chi connectivity index (χ3n) is 3.20. The van der Waals surface area contributed by atoms with Crippen molar-refractivity contribution in [2.45, 2.75) is 19.4 Å². The van der Waals surface area contributed by atoms with E-state index in [1.165, 1.54) is 6.92 Å². The van der Waals surface area contributed by atoms with Crippen molar-refractivity contribution in [2.24, 2.45) is 0 Å². The summed E-state index contributed by atoms with van der Waals surface area (Å²) in [5, 5.41) is 9.24. The molecular weight excluding hydrogens is 256 g/mol. The first-order chi connectivity index (χ1) is 9.65. The van der Waals surface area contributed by atoms with Gasteiger partial charge in [-0.3, -0.25) is 0 Å². The topological polar surface area (TPSA) is 55.8 Å². The van der Waals surface area contributed by atoms with Gasteiger partial charge in [-0.25, -0.2) is 4.79 Å². The second-order valence-corrected chi connectivity index (χ2v) is 4.72. The highest BCUT2D eigenvalue weighted by Gasteiger charge is 2.22. The van der Waals surface area contributed by atoms with E-state index in [-0.39, 0.29) is 0 Å². The molecule has 0 fully saturated rings. The van der Waals surface area contributed by atoms with E-state index < -0.39 is 12.1 Å². The molecule has 1 aliphatic heterocycles. The summed E-state index contributed by atoms with van der Waals surface area (Å²) in [6, 6.07) is 13.1. The number of benzene rings is 2. The van der Waals surface area contributed by atoms with Crippen LogP contribution in [0.4, 0.5) is 0 Å². The Bertz CT molecular complexity index is 661. The number of carbonyl (C=O) groups is 1. The first-order valence-corrected chi connectivity index (χ1v) is 6.42. The Morgan fingerprint density at radius 3 is 2.75 bits per heavy atom. The van der Waals surface area contributed by atoms with Gasteiger partial charge in [-0.15, -0.1) is 0 Å². The molecule has 0 saturated heterocycles. The van der Waals surface area contributed by atoms with E-state index in [9.17, 15) is 9.90 Å². The maximum Gasteiger partial charge on any atom is 0.340 e. The highest BCUT2D eigenvalue weighted by molar-refractivity contribution is 5.77. The lowest BCUT2D eigenvalue weighted by Gasteiger charge is -2.22. The third-order valence-corrected chi connectivity index (χ3v) is 3.20. The first kappa shape index (κ1) is 12.7. The van der Waals surface area contributed by atoms with E-state index in [1.54, 1.807) is 12.1 Å². The van der Waals surface area contributed by atoms with Gasteiger partial charge in [-0.1, -0.05) is 24.3 Å². The molecule has 0 saturated carbocycles. The van der Waals surface area contributed by atoms with Gasteiger partial charge >= 0.3 is 5.97 Å². The molecule has 2 aromatic rings. The van der Waals surface area contributed by atoms with E-state index in [1.807, 2.05) is 30.3 Å². The number of hydrogen-bond donors (Lipinski definition) is 1. The second-order valence-electron chi connectivity index (χ2n) is 4.72. The molecule has 0 spiro atoms. The van der Waals surface area contributed by atoms with E-state index in [2.05, 4.69) is 0 Å². The zero-order chi connectivity index (χ0) is 14.1. The predicted molar refractivity (Wildman–Crippen MR) is 73.1 cm³/mol. The molecular formula is C16H14O4. The van der Waals surface area contributed by atoms with Crippen molar-refractivity contribution in [3.05, 3.63) is 53.6 Å². The molecule has 1 aliphatic rings. The van der Waals surface area contributed by atoms with Gasteiger partial charge in [0.1, 0.15) is 23.4 Å². The number of para-hydroxylation sites is 1. The molecule has 0 bridgehead atoms. The molecule has 4 heteroatoms. The minimum Gasteiger partial charge on any atom is -0.457 e. The van der Waals surface area contributed by atoms with Crippen LogP contribution in [0.2, 0.25) is 0 Å². The largest absolute Gasteiger partial charge is 0.457 e. The Morgan fingerprint density at radius 1 is 1.20 bits per heavy atom. The van der Waals surface area contributed by atoms with E-state index in [4.69, 9.17) is 9.47 Å². The molecule has 1 atom stereocenters. The minimum absolute atomic E-state index is 0.433. The Hall–Kier alpha value is -2.33. The number of ether oxygens (including phenoxy) is 2. The van der Waals surface area contributed by atoms with Gasteiger partial charge in [-0.2, -0.15) is 0 Å². The Morgan fingerprint density at radius 2 is 1.95 bits per heavy atom. The standard InChI is InChI=1S/C16H14O4/c1-10(17)16(18)20-15-8-4-7-14-12(15)9-11-5-2-3-6-13(11)19-14/h2-8,10,17H,9H2,1H3. The average molecular weight is 270 g/mol. The van der Waals surface area contributed by atoms with Gasteiger partial charge in [0.25, 0.3) is 0 Å². The summed E-state index contributed by atoms with van der Waals surface area (Å²) in [4.78, 5) is 11.5. The smallest absolute Gasteiger partial charge is 0.340 e. The van der Waals surface area contributed by atoms with Gasteiger partial charge in [0.2, 0.25) is 0 Å². The van der Waals surface area contributed by atoms with Crippen LogP contribution >= 0.6 is 0 Å². The van der Waals surface area contributed by atoms with Crippen molar-refractivity contribution in [1.82, 2.24) is 0 Å². The van der Waals surface area contributed by atoms with Crippen LogP contribution in [0.1, 0.15) is 18.1 Å². The van der Waals surface area contributed by atoms with Crippen LogP contribution in [0.5, 0.6) is 17.2 Å². The summed E-state index contributed by atoms with van der Waals surface area (Å²) in [5.74, 6) is 1.26. The summed E-state index contributed by atoms with van der Waals surface area (Å²) in [6.07, 6.45) is -0.517. The molecule has 0 amide bonds. The van der Waals surface area contributed by atoms with Crippen LogP contribution in [0.25, 0.3) is 0 Å². The molecule has 20 heavy (non-hydrogen) atoms. The van der Waals surface area contributed by atoms with E-state index in [0.717, 1.165) is 16.9 Å². The quantitative estimate of drug-likeness (QED) is 0.574. The first-order valence-electron chi connectivity index (χ1n) is 6.42. The van der Waals surface area contributed by atoms with Gasteiger partial charge in [-0.05, 0) is 30.7 Å². The van der Waals surface area contributed by atoms with Gasteiger partial charge in [0.05, 0.1) is 0 Å². The number of rotatable bonds is 2. The number of aliphatic hydroxyl groups is 1. The van der Waals surface area contributed by atoms with Gasteiger partial charge in [0, 0.05) is 12.0 Å². The monoisotopic (exact) mass is 270 g/mol. The van der Waals surface area contributed by atoms with Gasteiger partial charge in [0.15, 0.2) is 0 Å². The lowest BCUT2D eigenvalue weighted by atomic mass is 9.99. The van der Waals surface area contributed by atoms with Crippen molar-refractivity contribution in [3.63, 3.8) is 0 Å². The summed E-state index contributed by atoms with van der Waals surface area (Å²) < 4.78 is 11.0. The maximum atomic E-state index is 11.5. The molecule has 0 aliphatic carbocycles. The van der Waals surface area contributed by atoms with E-state index >= 15 is 0 Å². The van der Waals surface area contributed by atoms with Crippen LogP contribution in [0, 0.1) is 0 Å². The Kier molecular flexibility index (Phi) is 3.16. The lowest BCUT2D eigenvalue weighted by Crippen LogP contribution is -2.23. The minimum atomic E-state index is -1.15. The van der Waals surface area contributed by atoms with Crippen molar-refractivity contribution in [1.29, 1.82) is 0 Å². The number of hydrogen-bond acceptors (Lipinski definition) is 4. The Labute approximate surface area is 116 Å². The molecule has 1 unspecified atom stereocenters. The van der Waals surface area contributed by atoms with E-state index in [0.29, 0.717) is 17.9 Å². The van der Waals surface area contributed by atoms with Crippen molar-refractivity contribution < 1.29 is 19.4 Å². The maximum absolute atomic E-state index is 11.5. The third kappa shape index (κ3) is 2.26. The second kappa shape index (κ2) is 4.98. The Balaban J connectivity index is 1.96. The van der Waals surface area contributed by atoms with Crippen LogP contribution in [-0.4, -0.2) is 17.2 Å². The fourth-order valence-electron chi connectivity index (χ4n) is 2.16. The molecule has 0 aromatic heterocycles. The SMILES string of the molecule is CC(O)C(=O)Oc1cccc2c1Cc1ccccc1O2. The molecule has 0 radical (unpaired) electrons. The number of aliphatic hydroxyl groups excluding tert-OH is 1. The van der Waals surface area contributed by atoms with Crippen LogP contribution < -0.4 is 9.47 Å². The summed E-state index contributed by atoms with van der Waals surface area (Å²) >= 11 is 0. The summed E-state index contributed by atoms with van der Waals surface area (Å²) in [6.45, 7) is 1.38. The van der Waals surface area contributed by atoms with Crippen LogP contribution in [0.15, 0.2) is 42.5 Å². The average Bonchev–Trinajstić information content (AvgIpc) is 2.45. The van der Waals surface area contributed by atoms with Crippen molar-refractivity contribution in [3.8, 4) is 17.2 Å². The van der Waals surface area contributed by atoms with Crippen LogP contribution in [-0.2, 0) is 11.2 Å². The molecule has 102 valence electrons. The van der Waals surface area contributed by atoms with Gasteiger partial charge < -0.3 is 14.6 Å². The highest BCUT2D eigenvalue weighted by atomic mass is 16.6. The lowest BCUT2D eigenvalue weighted by molar-refractivity contribution is -0.142. The van der Waals surface area contributed by atoms with Crippen molar-refractivity contribution in [2.75, 3.05) is 0 Å². The fraction of sp³-hybridized carbons (Fsp3) is 0.188.